The van der Waals surface area contributed by atoms with Crippen LogP contribution >= 0.6 is 22.9 Å². The standard InChI is InChI=1S/C19H22ClN5S/c20-17-11-21-12-18(25-17)22-10-14-6-7-15-16(8-14)26-19(24-15)23-9-13-4-2-1-3-5-13/h6-8,11-13H,1-5,9-10H2,(H,22,25)(H,23,24). The molecule has 26 heavy (non-hydrogen) atoms. The Hall–Kier alpha value is -1.92. The molecule has 0 aliphatic heterocycles. The minimum atomic E-state index is 0.390. The molecule has 2 aromatic heterocycles. The molecule has 3 aromatic rings. The van der Waals surface area contributed by atoms with Crippen molar-refractivity contribution in [1.29, 1.82) is 0 Å². The lowest BCUT2D eigenvalue weighted by Gasteiger charge is -2.21. The van der Waals surface area contributed by atoms with E-state index in [2.05, 4.69) is 38.8 Å². The maximum Gasteiger partial charge on any atom is 0.183 e. The van der Waals surface area contributed by atoms with Gasteiger partial charge in [-0.1, -0.05) is 48.3 Å². The van der Waals surface area contributed by atoms with E-state index in [9.17, 15) is 0 Å². The first-order chi connectivity index (χ1) is 12.8. The molecule has 1 saturated carbocycles. The quantitative estimate of drug-likeness (QED) is 0.597. The van der Waals surface area contributed by atoms with Gasteiger partial charge in [0.25, 0.3) is 0 Å². The Balaban J connectivity index is 1.38. The van der Waals surface area contributed by atoms with Crippen molar-refractivity contribution in [3.63, 3.8) is 0 Å². The van der Waals surface area contributed by atoms with Crippen molar-refractivity contribution >= 4 is 44.1 Å². The van der Waals surface area contributed by atoms with Gasteiger partial charge in [-0.25, -0.2) is 9.97 Å². The Morgan fingerprint density at radius 3 is 2.81 bits per heavy atom. The molecule has 1 aliphatic rings. The van der Waals surface area contributed by atoms with E-state index in [0.717, 1.165) is 23.1 Å². The van der Waals surface area contributed by atoms with E-state index in [1.807, 2.05) is 0 Å². The second-order valence-electron chi connectivity index (χ2n) is 6.79. The molecule has 0 radical (unpaired) electrons. The van der Waals surface area contributed by atoms with Crippen molar-refractivity contribution in [3.8, 4) is 0 Å². The molecule has 2 heterocycles. The topological polar surface area (TPSA) is 62.7 Å². The van der Waals surface area contributed by atoms with Gasteiger partial charge in [-0.2, -0.15) is 0 Å². The van der Waals surface area contributed by atoms with Gasteiger partial charge in [0, 0.05) is 13.1 Å². The molecule has 1 aliphatic carbocycles. The highest BCUT2D eigenvalue weighted by molar-refractivity contribution is 7.22. The van der Waals surface area contributed by atoms with Crippen molar-refractivity contribution in [3.05, 3.63) is 41.3 Å². The number of anilines is 2. The molecule has 2 N–H and O–H groups in total. The first-order valence-electron chi connectivity index (χ1n) is 9.11. The summed E-state index contributed by atoms with van der Waals surface area (Å²) in [5.41, 5.74) is 2.23. The van der Waals surface area contributed by atoms with E-state index in [0.29, 0.717) is 17.5 Å². The van der Waals surface area contributed by atoms with Crippen LogP contribution in [-0.4, -0.2) is 21.5 Å². The second kappa shape index (κ2) is 8.18. The number of hydrogen-bond donors (Lipinski definition) is 2. The van der Waals surface area contributed by atoms with Crippen LogP contribution in [0.3, 0.4) is 0 Å². The summed E-state index contributed by atoms with van der Waals surface area (Å²) in [7, 11) is 0. The highest BCUT2D eigenvalue weighted by atomic mass is 35.5. The average Bonchev–Trinajstić information content (AvgIpc) is 3.08. The summed E-state index contributed by atoms with van der Waals surface area (Å²) >= 11 is 7.59. The Kier molecular flexibility index (Phi) is 5.51. The summed E-state index contributed by atoms with van der Waals surface area (Å²) in [6, 6.07) is 6.36. The van der Waals surface area contributed by atoms with Crippen molar-refractivity contribution in [2.45, 2.75) is 38.6 Å². The highest BCUT2D eigenvalue weighted by Gasteiger charge is 2.14. The van der Waals surface area contributed by atoms with Crippen LogP contribution in [0.15, 0.2) is 30.6 Å². The largest absolute Gasteiger partial charge is 0.365 e. The number of halogens is 1. The van der Waals surface area contributed by atoms with Gasteiger partial charge in [0.15, 0.2) is 5.13 Å². The zero-order valence-electron chi connectivity index (χ0n) is 14.5. The summed E-state index contributed by atoms with van der Waals surface area (Å²) in [6.07, 6.45) is 10.0. The number of hydrogen-bond acceptors (Lipinski definition) is 6. The predicted octanol–water partition coefficient (Wildman–Crippen LogP) is 5.34. The van der Waals surface area contributed by atoms with E-state index < -0.39 is 0 Å². The van der Waals surface area contributed by atoms with Crippen LogP contribution < -0.4 is 10.6 Å². The Bertz CT molecular complexity index is 875. The summed E-state index contributed by atoms with van der Waals surface area (Å²) in [4.78, 5) is 12.9. The zero-order chi connectivity index (χ0) is 17.8. The van der Waals surface area contributed by atoms with Gasteiger partial charge in [0.1, 0.15) is 11.0 Å². The molecular formula is C19H22ClN5S. The zero-order valence-corrected chi connectivity index (χ0v) is 16.1. The van der Waals surface area contributed by atoms with Gasteiger partial charge in [-0.05, 0) is 36.5 Å². The average molecular weight is 388 g/mol. The lowest BCUT2D eigenvalue weighted by atomic mass is 9.89. The lowest BCUT2D eigenvalue weighted by Crippen LogP contribution is -2.16. The van der Waals surface area contributed by atoms with Crippen LogP contribution in [0.1, 0.15) is 37.7 Å². The number of thiazole rings is 1. The third-order valence-corrected chi connectivity index (χ3v) is 5.96. The summed E-state index contributed by atoms with van der Waals surface area (Å²) in [5.74, 6) is 1.48. The molecular weight excluding hydrogens is 366 g/mol. The van der Waals surface area contributed by atoms with Crippen LogP contribution in [0.2, 0.25) is 5.15 Å². The Morgan fingerprint density at radius 2 is 1.96 bits per heavy atom. The minimum absolute atomic E-state index is 0.390. The maximum atomic E-state index is 5.87. The molecule has 0 unspecified atom stereocenters. The van der Waals surface area contributed by atoms with Crippen LogP contribution in [-0.2, 0) is 6.54 Å². The predicted molar refractivity (Wildman–Crippen MR) is 109 cm³/mol. The first kappa shape index (κ1) is 17.5. The molecule has 1 aromatic carbocycles. The molecule has 0 spiro atoms. The Labute approximate surface area is 162 Å². The third kappa shape index (κ3) is 4.43. The number of fused-ring (bicyclic) bond motifs is 1. The minimum Gasteiger partial charge on any atom is -0.365 e. The van der Waals surface area contributed by atoms with Gasteiger partial charge in [0.2, 0.25) is 0 Å². The third-order valence-electron chi connectivity index (χ3n) is 4.80. The summed E-state index contributed by atoms with van der Waals surface area (Å²) in [5, 5.41) is 8.21. The van der Waals surface area contributed by atoms with Crippen LogP contribution in [0, 0.1) is 5.92 Å². The highest BCUT2D eigenvalue weighted by Crippen LogP contribution is 2.29. The van der Waals surface area contributed by atoms with E-state index in [1.165, 1.54) is 48.6 Å². The maximum absolute atomic E-state index is 5.87. The molecule has 136 valence electrons. The fourth-order valence-corrected chi connectivity index (χ4v) is 4.48. The molecule has 1 fully saturated rings. The van der Waals surface area contributed by atoms with Gasteiger partial charge in [0.05, 0.1) is 22.6 Å². The summed E-state index contributed by atoms with van der Waals surface area (Å²) in [6.45, 7) is 1.72. The van der Waals surface area contributed by atoms with Crippen LogP contribution in [0.5, 0.6) is 0 Å². The normalized spacial score (nSPS) is 15.3. The van der Waals surface area contributed by atoms with E-state index in [4.69, 9.17) is 16.6 Å². The Morgan fingerprint density at radius 1 is 1.08 bits per heavy atom. The smallest absolute Gasteiger partial charge is 0.183 e. The van der Waals surface area contributed by atoms with Crippen molar-refractivity contribution < 1.29 is 0 Å². The van der Waals surface area contributed by atoms with E-state index in [-0.39, 0.29) is 0 Å². The van der Waals surface area contributed by atoms with Gasteiger partial charge in [-0.15, -0.1) is 0 Å². The second-order valence-corrected chi connectivity index (χ2v) is 8.20. The fourth-order valence-electron chi connectivity index (χ4n) is 3.40. The number of nitrogens with zero attached hydrogens (tertiary/aromatic N) is 3. The monoisotopic (exact) mass is 387 g/mol. The van der Waals surface area contributed by atoms with Crippen molar-refractivity contribution in [1.82, 2.24) is 15.0 Å². The fraction of sp³-hybridized carbons (Fsp3) is 0.421. The van der Waals surface area contributed by atoms with Crippen molar-refractivity contribution in [2.75, 3.05) is 17.2 Å². The summed E-state index contributed by atoms with van der Waals surface area (Å²) < 4.78 is 1.20. The van der Waals surface area contributed by atoms with E-state index in [1.54, 1.807) is 17.5 Å². The van der Waals surface area contributed by atoms with Crippen LogP contribution in [0.4, 0.5) is 10.9 Å². The van der Waals surface area contributed by atoms with Gasteiger partial charge in [-0.3, -0.25) is 4.98 Å². The molecule has 0 bridgehead atoms. The molecule has 4 rings (SSSR count). The molecule has 0 atom stereocenters. The molecule has 0 amide bonds. The SMILES string of the molecule is Clc1cncc(NCc2ccc3nc(NCC4CCCCC4)sc3c2)n1. The first-order valence-corrected chi connectivity index (χ1v) is 10.3. The van der Waals surface area contributed by atoms with Gasteiger partial charge >= 0.3 is 0 Å². The number of nitrogens with one attached hydrogen (secondary N) is 2. The van der Waals surface area contributed by atoms with Gasteiger partial charge < -0.3 is 10.6 Å². The van der Waals surface area contributed by atoms with Crippen molar-refractivity contribution in [2.24, 2.45) is 5.92 Å². The molecule has 7 heteroatoms. The lowest BCUT2D eigenvalue weighted by molar-refractivity contribution is 0.373. The molecule has 0 saturated heterocycles. The molecule has 5 nitrogen and oxygen atoms in total. The number of aromatic nitrogens is 3. The van der Waals surface area contributed by atoms with E-state index >= 15 is 0 Å². The van der Waals surface area contributed by atoms with Crippen LogP contribution in [0.25, 0.3) is 10.2 Å². The number of benzene rings is 1. The number of rotatable bonds is 6.